The van der Waals surface area contributed by atoms with Gasteiger partial charge in [-0.25, -0.2) is 4.98 Å². The number of hydrogen-bond donors (Lipinski definition) is 4. The summed E-state index contributed by atoms with van der Waals surface area (Å²) in [7, 11) is -9.90. The second-order valence-electron chi connectivity index (χ2n) is 3.92. The van der Waals surface area contributed by atoms with Crippen LogP contribution in [-0.2, 0) is 15.7 Å². The summed E-state index contributed by atoms with van der Waals surface area (Å²) in [5, 5.41) is -2.10. The van der Waals surface area contributed by atoms with E-state index in [0.29, 0.717) is 11.0 Å². The molecule has 2 aromatic rings. The first-order chi connectivity index (χ1) is 8.69. The summed E-state index contributed by atoms with van der Waals surface area (Å²) in [4.78, 5) is 44.0. The molecule has 104 valence electrons. The molecule has 0 aliphatic heterocycles. The van der Waals surface area contributed by atoms with Crippen LogP contribution < -0.4 is 0 Å². The Balaban J connectivity index is 2.43. The summed E-state index contributed by atoms with van der Waals surface area (Å²) in [6.45, 7) is -0.545. The van der Waals surface area contributed by atoms with Crippen LogP contribution >= 0.6 is 15.2 Å². The molecule has 0 saturated carbocycles. The van der Waals surface area contributed by atoms with Gasteiger partial charge in [-0.15, -0.1) is 0 Å². The number of imidazole rings is 1. The van der Waals surface area contributed by atoms with Crippen molar-refractivity contribution < 1.29 is 28.7 Å². The highest BCUT2D eigenvalue weighted by Crippen LogP contribution is 2.60. The van der Waals surface area contributed by atoms with Gasteiger partial charge in [-0.3, -0.25) is 14.1 Å². The van der Waals surface area contributed by atoms with E-state index in [1.165, 1.54) is 23.3 Å². The molecule has 0 spiro atoms. The predicted octanol–water partition coefficient (Wildman–Crippen LogP) is 0.113. The van der Waals surface area contributed by atoms with Crippen LogP contribution in [0.1, 0.15) is 0 Å². The number of fused-ring (bicyclic) bond motifs is 1. The first kappa shape index (κ1) is 14.3. The van der Waals surface area contributed by atoms with Gasteiger partial charge in [-0.2, -0.15) is 0 Å². The number of nitrogens with zero attached hydrogens (tertiary/aromatic N) is 3. The van der Waals surface area contributed by atoms with Crippen molar-refractivity contribution in [3.63, 3.8) is 0 Å². The van der Waals surface area contributed by atoms with Crippen molar-refractivity contribution in [1.29, 1.82) is 0 Å². The van der Waals surface area contributed by atoms with Crippen molar-refractivity contribution in [2.24, 2.45) is 0 Å². The summed E-state index contributed by atoms with van der Waals surface area (Å²) in [5.41, 5.74) is 0.958. The third-order valence-corrected chi connectivity index (χ3v) is 6.24. The summed E-state index contributed by atoms with van der Waals surface area (Å²) in [6, 6.07) is 1.58. The molecule has 19 heavy (non-hydrogen) atoms. The highest BCUT2D eigenvalue weighted by molar-refractivity contribution is 7.70. The maximum Gasteiger partial charge on any atom is 0.342 e. The maximum atomic E-state index is 11.2. The summed E-state index contributed by atoms with van der Waals surface area (Å²) in [6.07, 6.45) is 4.15. The fraction of sp³-hybridized carbons (Fsp3) is 0.250. The van der Waals surface area contributed by atoms with Crippen LogP contribution in [-0.4, -0.2) is 39.5 Å². The molecule has 0 amide bonds. The Morgan fingerprint density at radius 2 is 1.84 bits per heavy atom. The normalized spacial score (nSPS) is 13.3. The SMILES string of the molecule is O=P(O)(O)C(Cn1cnc2ccncc21)P(=O)(O)O. The van der Waals surface area contributed by atoms with E-state index >= 15 is 0 Å². The molecule has 0 saturated heterocycles. The van der Waals surface area contributed by atoms with Crippen molar-refractivity contribution >= 4 is 26.2 Å². The van der Waals surface area contributed by atoms with Crippen molar-refractivity contribution in [3.8, 4) is 0 Å². The van der Waals surface area contributed by atoms with Gasteiger partial charge >= 0.3 is 15.2 Å². The molecule has 11 heteroatoms. The second-order valence-corrected chi connectivity index (χ2v) is 7.93. The Morgan fingerprint density at radius 1 is 1.21 bits per heavy atom. The van der Waals surface area contributed by atoms with Crippen LogP contribution in [0.5, 0.6) is 0 Å². The van der Waals surface area contributed by atoms with Gasteiger partial charge in [-0.1, -0.05) is 0 Å². The standard InChI is InChI=1S/C8H11N3O6P2/c12-18(13,14)8(19(15,16)17)4-11-5-10-6-1-2-9-3-7(6)11/h1-3,5,8H,4H2,(H2,12,13,14)(H2,15,16,17). The topological polar surface area (TPSA) is 146 Å². The molecular weight excluding hydrogens is 296 g/mol. The van der Waals surface area contributed by atoms with Crippen LogP contribution in [0.4, 0.5) is 0 Å². The molecule has 0 aromatic carbocycles. The molecule has 0 atom stereocenters. The molecule has 4 N–H and O–H groups in total. The highest BCUT2D eigenvalue weighted by Gasteiger charge is 2.43. The molecule has 0 fully saturated rings. The Bertz CT molecular complexity index is 667. The highest BCUT2D eigenvalue weighted by atomic mass is 31.2. The molecule has 0 aliphatic rings. The Kier molecular flexibility index (Phi) is 3.61. The van der Waals surface area contributed by atoms with Gasteiger partial charge in [0.15, 0.2) is 5.40 Å². The quantitative estimate of drug-likeness (QED) is 0.582. The van der Waals surface area contributed by atoms with E-state index in [1.807, 2.05) is 0 Å². The minimum Gasteiger partial charge on any atom is -0.328 e. The monoisotopic (exact) mass is 307 g/mol. The molecule has 0 radical (unpaired) electrons. The molecule has 0 aliphatic carbocycles. The predicted molar refractivity (Wildman–Crippen MR) is 65.4 cm³/mol. The largest absolute Gasteiger partial charge is 0.342 e. The third kappa shape index (κ3) is 3.09. The summed E-state index contributed by atoms with van der Waals surface area (Å²) in [5.74, 6) is 0. The lowest BCUT2D eigenvalue weighted by atomic mass is 10.4. The third-order valence-electron chi connectivity index (χ3n) is 2.56. The van der Waals surface area contributed by atoms with Crippen LogP contribution in [0.15, 0.2) is 24.8 Å². The fourth-order valence-electron chi connectivity index (χ4n) is 1.63. The first-order valence-corrected chi connectivity index (χ1v) is 8.41. The van der Waals surface area contributed by atoms with E-state index in [-0.39, 0.29) is 0 Å². The van der Waals surface area contributed by atoms with E-state index < -0.39 is 27.1 Å². The van der Waals surface area contributed by atoms with Gasteiger partial charge in [0.05, 0.1) is 23.6 Å². The van der Waals surface area contributed by atoms with Crippen LogP contribution in [0, 0.1) is 0 Å². The zero-order valence-corrected chi connectivity index (χ0v) is 11.2. The molecule has 0 unspecified atom stereocenters. The Labute approximate surface area is 107 Å². The minimum absolute atomic E-state index is 0.439. The molecular formula is C8H11N3O6P2. The van der Waals surface area contributed by atoms with E-state index in [4.69, 9.17) is 19.6 Å². The number of aromatic nitrogens is 3. The van der Waals surface area contributed by atoms with Crippen molar-refractivity contribution in [2.45, 2.75) is 11.9 Å². The van der Waals surface area contributed by atoms with Gasteiger partial charge in [0.1, 0.15) is 0 Å². The number of hydrogen-bond acceptors (Lipinski definition) is 4. The lowest BCUT2D eigenvalue weighted by Gasteiger charge is -2.20. The van der Waals surface area contributed by atoms with Gasteiger partial charge in [-0.05, 0) is 6.07 Å². The molecule has 2 rings (SSSR count). The number of rotatable bonds is 4. The average molecular weight is 307 g/mol. The van der Waals surface area contributed by atoms with Crippen LogP contribution in [0.3, 0.4) is 0 Å². The zero-order valence-electron chi connectivity index (χ0n) is 9.44. The van der Waals surface area contributed by atoms with Crippen molar-refractivity contribution in [2.75, 3.05) is 0 Å². The van der Waals surface area contributed by atoms with Crippen LogP contribution in [0.25, 0.3) is 11.0 Å². The van der Waals surface area contributed by atoms with E-state index in [2.05, 4.69) is 9.97 Å². The van der Waals surface area contributed by atoms with Crippen molar-refractivity contribution in [3.05, 3.63) is 24.8 Å². The molecule has 2 aromatic heterocycles. The minimum atomic E-state index is -4.95. The lowest BCUT2D eigenvalue weighted by molar-refractivity contribution is 0.332. The fourth-order valence-corrected chi connectivity index (χ4v) is 3.98. The van der Waals surface area contributed by atoms with Gasteiger partial charge in [0.25, 0.3) is 0 Å². The smallest absolute Gasteiger partial charge is 0.328 e. The average Bonchev–Trinajstić information content (AvgIpc) is 2.66. The Hall–Kier alpha value is -1.08. The molecule has 9 nitrogen and oxygen atoms in total. The van der Waals surface area contributed by atoms with E-state index in [1.54, 1.807) is 6.07 Å². The summed E-state index contributed by atoms with van der Waals surface area (Å²) >= 11 is 0. The first-order valence-electron chi connectivity index (χ1n) is 5.05. The molecule has 0 bridgehead atoms. The Morgan fingerprint density at radius 3 is 2.42 bits per heavy atom. The lowest BCUT2D eigenvalue weighted by Crippen LogP contribution is -2.16. The second kappa shape index (κ2) is 4.79. The number of pyridine rings is 1. The van der Waals surface area contributed by atoms with E-state index in [0.717, 1.165) is 0 Å². The van der Waals surface area contributed by atoms with E-state index in [9.17, 15) is 9.13 Å². The van der Waals surface area contributed by atoms with Crippen LogP contribution in [0.2, 0.25) is 0 Å². The van der Waals surface area contributed by atoms with Gasteiger partial charge < -0.3 is 24.1 Å². The zero-order chi connectivity index (χ0) is 14.3. The van der Waals surface area contributed by atoms with Gasteiger partial charge in [0.2, 0.25) is 0 Å². The van der Waals surface area contributed by atoms with Crippen molar-refractivity contribution in [1.82, 2.24) is 14.5 Å². The van der Waals surface area contributed by atoms with Gasteiger partial charge in [0, 0.05) is 12.7 Å². The summed E-state index contributed by atoms with van der Waals surface area (Å²) < 4.78 is 23.6. The molecule has 2 heterocycles. The maximum absolute atomic E-state index is 11.2.